The molecule has 0 bridgehead atoms. The summed E-state index contributed by atoms with van der Waals surface area (Å²) >= 11 is 0. The molecular weight excluding hydrogens is 580 g/mol. The number of nitrogens with zero attached hydrogens (tertiary/aromatic N) is 6. The van der Waals surface area contributed by atoms with Crippen LogP contribution in [-0.4, -0.2) is 29.9 Å². The third kappa shape index (κ3) is 4.87. The lowest BCUT2D eigenvalue weighted by molar-refractivity contribution is 0.654. The van der Waals surface area contributed by atoms with Crippen LogP contribution in [0.15, 0.2) is 150 Å². The zero-order chi connectivity index (χ0) is 31.2. The third-order valence-electron chi connectivity index (χ3n) is 8.23. The van der Waals surface area contributed by atoms with E-state index in [0.717, 1.165) is 66.5 Å². The third-order valence-corrected chi connectivity index (χ3v) is 8.23. The van der Waals surface area contributed by atoms with Crippen LogP contribution < -0.4 is 0 Å². The van der Waals surface area contributed by atoms with E-state index in [4.69, 9.17) is 29.3 Å². The van der Waals surface area contributed by atoms with Gasteiger partial charge in [0.05, 0.1) is 17.1 Å². The second kappa shape index (κ2) is 11.1. The molecule has 0 aliphatic rings. The molecule has 9 aromatic rings. The highest BCUT2D eigenvalue weighted by Crippen LogP contribution is 2.35. The van der Waals surface area contributed by atoms with Crippen molar-refractivity contribution in [2.75, 3.05) is 0 Å². The van der Waals surface area contributed by atoms with E-state index >= 15 is 0 Å². The minimum atomic E-state index is 0.589. The van der Waals surface area contributed by atoms with Crippen molar-refractivity contribution < 1.29 is 4.42 Å². The number of rotatable bonds is 5. The van der Waals surface area contributed by atoms with Gasteiger partial charge in [0.1, 0.15) is 5.58 Å². The van der Waals surface area contributed by atoms with Gasteiger partial charge in [0.25, 0.3) is 0 Å². The lowest BCUT2D eigenvalue weighted by Crippen LogP contribution is -2.00. The Morgan fingerprint density at radius 3 is 1.83 bits per heavy atom. The van der Waals surface area contributed by atoms with Crippen LogP contribution in [0.5, 0.6) is 0 Å². The van der Waals surface area contributed by atoms with Crippen LogP contribution in [0.4, 0.5) is 0 Å². The molecule has 4 aromatic carbocycles. The number of fused-ring (bicyclic) bond motifs is 4. The molecule has 47 heavy (non-hydrogen) atoms. The minimum absolute atomic E-state index is 0.589. The van der Waals surface area contributed by atoms with Crippen LogP contribution >= 0.6 is 0 Å². The maximum atomic E-state index is 6.09. The molecule has 9 rings (SSSR count). The standard InChI is InChI=1S/C40H24N6O/c1-3-11-25(12-4-1)37-44-38(26-13-5-2-6-14-26)46-39(45-37)29-17-9-16-28(21-29)33-22-27-15-7-8-18-30(27)36(43-33)34-23-35-32(24-42-34)31-19-10-20-41-40(31)47-35/h1-24H. The molecule has 7 nitrogen and oxygen atoms in total. The normalized spacial score (nSPS) is 11.4. The fourth-order valence-electron chi connectivity index (χ4n) is 5.93. The molecule has 0 saturated heterocycles. The maximum absolute atomic E-state index is 6.09. The summed E-state index contributed by atoms with van der Waals surface area (Å²) < 4.78 is 6.09. The van der Waals surface area contributed by atoms with Crippen molar-refractivity contribution in [2.45, 2.75) is 0 Å². The summed E-state index contributed by atoms with van der Waals surface area (Å²) in [6.45, 7) is 0. The van der Waals surface area contributed by atoms with Gasteiger partial charge in [-0.05, 0) is 29.7 Å². The summed E-state index contributed by atoms with van der Waals surface area (Å²) in [5.74, 6) is 1.83. The molecule has 0 unspecified atom stereocenters. The van der Waals surface area contributed by atoms with Gasteiger partial charge in [0.15, 0.2) is 17.5 Å². The Morgan fingerprint density at radius 2 is 1.06 bits per heavy atom. The van der Waals surface area contributed by atoms with Crippen molar-refractivity contribution >= 4 is 32.8 Å². The predicted molar refractivity (Wildman–Crippen MR) is 185 cm³/mol. The highest BCUT2D eigenvalue weighted by Gasteiger charge is 2.16. The summed E-state index contributed by atoms with van der Waals surface area (Å²) in [7, 11) is 0. The van der Waals surface area contributed by atoms with E-state index in [1.54, 1.807) is 6.20 Å². The van der Waals surface area contributed by atoms with E-state index < -0.39 is 0 Å². The molecule has 0 spiro atoms. The zero-order valence-corrected chi connectivity index (χ0v) is 24.9. The van der Waals surface area contributed by atoms with Crippen LogP contribution in [0.3, 0.4) is 0 Å². The van der Waals surface area contributed by atoms with E-state index in [1.165, 1.54) is 0 Å². The Morgan fingerprint density at radius 1 is 0.426 bits per heavy atom. The number of aromatic nitrogens is 6. The molecule has 0 radical (unpaired) electrons. The molecule has 5 aromatic heterocycles. The van der Waals surface area contributed by atoms with Gasteiger partial charge >= 0.3 is 0 Å². The quantitative estimate of drug-likeness (QED) is 0.193. The molecule has 0 atom stereocenters. The Kier molecular flexibility index (Phi) is 6.31. The smallest absolute Gasteiger partial charge is 0.227 e. The molecule has 220 valence electrons. The van der Waals surface area contributed by atoms with E-state index in [2.05, 4.69) is 35.3 Å². The lowest BCUT2D eigenvalue weighted by Gasteiger charge is -2.11. The second-order valence-electron chi connectivity index (χ2n) is 11.2. The molecule has 0 amide bonds. The first-order valence-electron chi connectivity index (χ1n) is 15.3. The van der Waals surface area contributed by atoms with Crippen molar-refractivity contribution in [3.63, 3.8) is 0 Å². The highest BCUT2D eigenvalue weighted by molar-refractivity contribution is 6.05. The van der Waals surface area contributed by atoms with Crippen LogP contribution in [0, 0.1) is 0 Å². The van der Waals surface area contributed by atoms with Gasteiger partial charge in [-0.1, -0.05) is 103 Å². The molecule has 0 aliphatic heterocycles. The van der Waals surface area contributed by atoms with Gasteiger partial charge in [-0.25, -0.2) is 24.9 Å². The first kappa shape index (κ1) is 26.8. The fraction of sp³-hybridized carbons (Fsp3) is 0. The molecular formula is C40H24N6O. The number of benzene rings is 4. The summed E-state index contributed by atoms with van der Waals surface area (Å²) in [5, 5.41) is 3.93. The maximum Gasteiger partial charge on any atom is 0.227 e. The summed E-state index contributed by atoms with van der Waals surface area (Å²) in [6.07, 6.45) is 3.57. The number of hydrogen-bond acceptors (Lipinski definition) is 7. The topological polar surface area (TPSA) is 90.5 Å². The summed E-state index contributed by atoms with van der Waals surface area (Å²) in [6, 6.07) is 44.3. The van der Waals surface area contributed by atoms with Crippen LogP contribution in [0.2, 0.25) is 0 Å². The lowest BCUT2D eigenvalue weighted by atomic mass is 10.0. The highest BCUT2D eigenvalue weighted by atomic mass is 16.3. The molecule has 7 heteroatoms. The number of pyridine rings is 3. The number of hydrogen-bond donors (Lipinski definition) is 0. The van der Waals surface area contributed by atoms with E-state index in [1.807, 2.05) is 109 Å². The van der Waals surface area contributed by atoms with E-state index in [-0.39, 0.29) is 0 Å². The molecule has 5 heterocycles. The molecule has 0 fully saturated rings. The van der Waals surface area contributed by atoms with E-state index in [0.29, 0.717) is 23.2 Å². The number of furan rings is 1. The van der Waals surface area contributed by atoms with Crippen molar-refractivity contribution in [3.05, 3.63) is 146 Å². The monoisotopic (exact) mass is 604 g/mol. The van der Waals surface area contributed by atoms with Crippen molar-refractivity contribution in [1.82, 2.24) is 29.9 Å². The first-order valence-corrected chi connectivity index (χ1v) is 15.3. The van der Waals surface area contributed by atoms with Crippen LogP contribution in [-0.2, 0) is 0 Å². The van der Waals surface area contributed by atoms with Gasteiger partial charge in [0, 0.05) is 56.9 Å². The van der Waals surface area contributed by atoms with Gasteiger partial charge in [-0.15, -0.1) is 0 Å². The van der Waals surface area contributed by atoms with Crippen molar-refractivity contribution in [2.24, 2.45) is 0 Å². The molecule has 0 N–H and O–H groups in total. The van der Waals surface area contributed by atoms with Crippen LogP contribution in [0.1, 0.15) is 0 Å². The largest absolute Gasteiger partial charge is 0.438 e. The van der Waals surface area contributed by atoms with Crippen LogP contribution in [0.25, 0.3) is 89.7 Å². The Bertz CT molecular complexity index is 2520. The Balaban J connectivity index is 1.19. The summed E-state index contributed by atoms with van der Waals surface area (Å²) in [5.41, 5.74) is 7.28. The first-order chi connectivity index (χ1) is 23.3. The zero-order valence-electron chi connectivity index (χ0n) is 24.9. The fourth-order valence-corrected chi connectivity index (χ4v) is 5.93. The van der Waals surface area contributed by atoms with Crippen molar-refractivity contribution in [1.29, 1.82) is 0 Å². The predicted octanol–water partition coefficient (Wildman–Crippen LogP) is 9.44. The second-order valence-corrected chi connectivity index (χ2v) is 11.2. The van der Waals surface area contributed by atoms with E-state index in [9.17, 15) is 0 Å². The van der Waals surface area contributed by atoms with Gasteiger partial charge in [-0.2, -0.15) is 0 Å². The van der Waals surface area contributed by atoms with Gasteiger partial charge in [0.2, 0.25) is 5.71 Å². The van der Waals surface area contributed by atoms with Crippen molar-refractivity contribution in [3.8, 4) is 56.8 Å². The Hall–Kier alpha value is -6.60. The average molecular weight is 605 g/mol. The van der Waals surface area contributed by atoms with Gasteiger partial charge < -0.3 is 4.42 Å². The minimum Gasteiger partial charge on any atom is -0.438 e. The summed E-state index contributed by atoms with van der Waals surface area (Å²) in [4.78, 5) is 29.1. The average Bonchev–Trinajstić information content (AvgIpc) is 3.53. The SMILES string of the molecule is c1ccc(-c2nc(-c3ccccc3)nc(-c3cccc(-c4cc5ccccc5c(-c5cc6oc7ncccc7c6cn5)n4)c3)n2)cc1. The molecule has 0 aliphatic carbocycles. The van der Waals surface area contributed by atoms with Gasteiger partial charge in [-0.3, -0.25) is 4.98 Å². The Labute approximate surface area is 269 Å². The molecule has 0 saturated carbocycles.